The molecule has 1 N–H and O–H groups in total. The average molecular weight is 392 g/mol. The first kappa shape index (κ1) is 17.9. The van der Waals surface area contributed by atoms with E-state index in [1.54, 1.807) is 24.3 Å². The van der Waals surface area contributed by atoms with E-state index in [0.717, 1.165) is 11.1 Å². The van der Waals surface area contributed by atoms with E-state index in [-0.39, 0.29) is 11.6 Å². The highest BCUT2D eigenvalue weighted by atomic mass is 35.5. The van der Waals surface area contributed by atoms with Gasteiger partial charge in [0.05, 0.1) is 16.3 Å². The smallest absolute Gasteiger partial charge is 0.269 e. The van der Waals surface area contributed by atoms with Gasteiger partial charge in [-0.1, -0.05) is 48.0 Å². The minimum Gasteiger partial charge on any atom is -0.325 e. The van der Waals surface area contributed by atoms with Crippen LogP contribution in [0.2, 0.25) is 5.02 Å². The molecule has 1 amide bonds. The Hall–Kier alpha value is -3.51. The van der Waals surface area contributed by atoms with Crippen LogP contribution in [0.4, 0.5) is 17.1 Å². The summed E-state index contributed by atoms with van der Waals surface area (Å²) in [6, 6.07) is 20.6. The molecule has 1 aliphatic heterocycles. The van der Waals surface area contributed by atoms with E-state index in [9.17, 15) is 14.9 Å². The monoisotopic (exact) mass is 391 g/mol. The molecule has 0 bridgehead atoms. The number of benzene rings is 3. The minimum absolute atomic E-state index is 0.0150. The van der Waals surface area contributed by atoms with Crippen molar-refractivity contribution in [3.05, 3.63) is 99.1 Å². The zero-order valence-electron chi connectivity index (χ0n) is 14.5. The molecule has 3 aromatic carbocycles. The highest BCUT2D eigenvalue weighted by Gasteiger charge is 2.35. The summed E-state index contributed by atoms with van der Waals surface area (Å²) in [7, 11) is 0. The second-order valence-corrected chi connectivity index (χ2v) is 6.73. The summed E-state index contributed by atoms with van der Waals surface area (Å²) in [5.41, 5.74) is 3.32. The molecule has 0 radical (unpaired) electrons. The van der Waals surface area contributed by atoms with Crippen LogP contribution in [-0.2, 0) is 4.79 Å². The quantitative estimate of drug-likeness (QED) is 0.381. The molecule has 0 saturated heterocycles. The Balaban J connectivity index is 1.84. The first-order valence-corrected chi connectivity index (χ1v) is 8.89. The van der Waals surface area contributed by atoms with E-state index in [1.165, 1.54) is 12.1 Å². The summed E-state index contributed by atoms with van der Waals surface area (Å²) in [5.74, 6) is -0.799. The molecule has 4 rings (SSSR count). The Morgan fingerprint density at radius 2 is 1.75 bits per heavy atom. The molecular formula is C21H14ClN3O3. The predicted octanol–water partition coefficient (Wildman–Crippen LogP) is 5.10. The van der Waals surface area contributed by atoms with Gasteiger partial charge in [0.25, 0.3) is 5.69 Å². The molecular weight excluding hydrogens is 378 g/mol. The molecule has 0 saturated carbocycles. The third kappa shape index (κ3) is 3.37. The lowest BCUT2D eigenvalue weighted by Crippen LogP contribution is -2.21. The van der Waals surface area contributed by atoms with Crippen molar-refractivity contribution >= 4 is 40.3 Å². The van der Waals surface area contributed by atoms with Crippen LogP contribution in [-0.4, -0.2) is 16.5 Å². The number of nitrogens with zero attached hydrogens (tertiary/aromatic N) is 2. The lowest BCUT2D eigenvalue weighted by molar-refractivity contribution is -0.384. The predicted molar refractivity (Wildman–Crippen MR) is 109 cm³/mol. The van der Waals surface area contributed by atoms with Gasteiger partial charge in [0.2, 0.25) is 5.91 Å². The second-order valence-electron chi connectivity index (χ2n) is 6.29. The van der Waals surface area contributed by atoms with Gasteiger partial charge in [-0.2, -0.15) is 0 Å². The second kappa shape index (κ2) is 7.25. The van der Waals surface area contributed by atoms with E-state index in [4.69, 9.17) is 11.6 Å². The number of non-ortho nitro benzene ring substituents is 1. The van der Waals surface area contributed by atoms with Gasteiger partial charge in [-0.05, 0) is 35.4 Å². The highest BCUT2D eigenvalue weighted by molar-refractivity contribution is 6.31. The van der Waals surface area contributed by atoms with Crippen LogP contribution in [0.25, 0.3) is 0 Å². The van der Waals surface area contributed by atoms with E-state index < -0.39 is 10.8 Å². The molecule has 6 nitrogen and oxygen atoms in total. The third-order valence-electron chi connectivity index (χ3n) is 4.50. The molecule has 1 heterocycles. The van der Waals surface area contributed by atoms with Gasteiger partial charge in [-0.3, -0.25) is 19.9 Å². The number of anilines is 1. The zero-order valence-corrected chi connectivity index (χ0v) is 15.3. The number of fused-ring (bicyclic) bond motifs is 1. The summed E-state index contributed by atoms with van der Waals surface area (Å²) in [5, 5.41) is 14.3. The average Bonchev–Trinajstić information content (AvgIpc) is 3.01. The van der Waals surface area contributed by atoms with E-state index in [0.29, 0.717) is 22.1 Å². The molecule has 1 atom stereocenters. The first-order chi connectivity index (χ1) is 13.5. The number of amides is 1. The molecule has 3 aromatic rings. The van der Waals surface area contributed by atoms with Crippen LogP contribution < -0.4 is 5.32 Å². The molecule has 28 heavy (non-hydrogen) atoms. The van der Waals surface area contributed by atoms with Gasteiger partial charge in [-0.15, -0.1) is 0 Å². The van der Waals surface area contributed by atoms with Crippen molar-refractivity contribution in [1.29, 1.82) is 0 Å². The van der Waals surface area contributed by atoms with Crippen molar-refractivity contribution < 1.29 is 9.72 Å². The number of hydrogen-bond acceptors (Lipinski definition) is 4. The molecule has 1 unspecified atom stereocenters. The Bertz CT molecular complexity index is 1100. The molecule has 0 aliphatic carbocycles. The van der Waals surface area contributed by atoms with Gasteiger partial charge in [0.15, 0.2) is 0 Å². The summed E-state index contributed by atoms with van der Waals surface area (Å²) < 4.78 is 0. The molecule has 7 heteroatoms. The van der Waals surface area contributed by atoms with Crippen molar-refractivity contribution in [3.8, 4) is 0 Å². The number of nitro benzene ring substituents is 1. The Labute approximate surface area is 165 Å². The number of carbonyl (C=O) groups excluding carboxylic acids is 1. The Morgan fingerprint density at radius 1 is 1.04 bits per heavy atom. The number of carbonyl (C=O) groups is 1. The number of aliphatic imine (C=N–C) groups is 1. The maximum Gasteiger partial charge on any atom is 0.269 e. The fourth-order valence-corrected chi connectivity index (χ4v) is 3.37. The van der Waals surface area contributed by atoms with Gasteiger partial charge in [-0.25, -0.2) is 0 Å². The number of hydrogen-bond donors (Lipinski definition) is 1. The Morgan fingerprint density at radius 3 is 2.43 bits per heavy atom. The highest BCUT2D eigenvalue weighted by Crippen LogP contribution is 2.37. The fourth-order valence-electron chi connectivity index (χ4n) is 3.20. The van der Waals surface area contributed by atoms with Crippen LogP contribution in [0, 0.1) is 10.1 Å². The standard InChI is InChI=1S/C21H14ClN3O3/c22-14-6-11-17-18(12-14)24-21(26)19(17)20(13-4-2-1-3-5-13)23-15-7-9-16(10-8-15)25(27)28/h1-12,19H,(H,24,26). The maximum absolute atomic E-state index is 12.8. The lowest BCUT2D eigenvalue weighted by Gasteiger charge is -2.14. The van der Waals surface area contributed by atoms with E-state index >= 15 is 0 Å². The van der Waals surface area contributed by atoms with Crippen LogP contribution >= 0.6 is 11.6 Å². The molecule has 1 aliphatic rings. The van der Waals surface area contributed by atoms with E-state index in [2.05, 4.69) is 10.3 Å². The van der Waals surface area contributed by atoms with Crippen molar-refractivity contribution in [2.45, 2.75) is 5.92 Å². The number of halogens is 1. The number of nitro groups is 1. The molecule has 0 aromatic heterocycles. The SMILES string of the molecule is O=C1Nc2cc(Cl)ccc2C1C(=Nc1ccc([N+](=O)[O-])cc1)c1ccccc1. The largest absolute Gasteiger partial charge is 0.325 e. The van der Waals surface area contributed by atoms with Gasteiger partial charge in [0.1, 0.15) is 5.92 Å². The van der Waals surface area contributed by atoms with E-state index in [1.807, 2.05) is 36.4 Å². The summed E-state index contributed by atoms with van der Waals surface area (Å²) in [4.78, 5) is 27.9. The lowest BCUT2D eigenvalue weighted by atomic mass is 9.90. The summed E-state index contributed by atoms with van der Waals surface area (Å²) in [6.07, 6.45) is 0. The van der Waals surface area contributed by atoms with Gasteiger partial charge < -0.3 is 5.32 Å². The van der Waals surface area contributed by atoms with Gasteiger partial charge >= 0.3 is 0 Å². The summed E-state index contributed by atoms with van der Waals surface area (Å²) in [6.45, 7) is 0. The Kier molecular flexibility index (Phi) is 4.63. The minimum atomic E-state index is -0.607. The van der Waals surface area contributed by atoms with Crippen LogP contribution in [0.15, 0.2) is 77.8 Å². The first-order valence-electron chi connectivity index (χ1n) is 8.52. The van der Waals surface area contributed by atoms with Crippen molar-refractivity contribution in [1.82, 2.24) is 0 Å². The number of nitrogens with one attached hydrogen (secondary N) is 1. The number of rotatable bonds is 4. The molecule has 0 spiro atoms. The van der Waals surface area contributed by atoms with Gasteiger partial charge in [0, 0.05) is 22.8 Å². The molecule has 138 valence electrons. The normalized spacial score (nSPS) is 15.8. The topological polar surface area (TPSA) is 84.6 Å². The molecule has 0 fully saturated rings. The van der Waals surface area contributed by atoms with Crippen LogP contribution in [0.5, 0.6) is 0 Å². The fraction of sp³-hybridized carbons (Fsp3) is 0.0476. The van der Waals surface area contributed by atoms with Crippen molar-refractivity contribution in [2.24, 2.45) is 4.99 Å². The third-order valence-corrected chi connectivity index (χ3v) is 4.73. The zero-order chi connectivity index (χ0) is 19.7. The van der Waals surface area contributed by atoms with Crippen molar-refractivity contribution in [2.75, 3.05) is 5.32 Å². The van der Waals surface area contributed by atoms with Crippen LogP contribution in [0.1, 0.15) is 17.0 Å². The maximum atomic E-state index is 12.8. The van der Waals surface area contributed by atoms with Crippen LogP contribution in [0.3, 0.4) is 0 Å². The van der Waals surface area contributed by atoms with Crippen molar-refractivity contribution in [3.63, 3.8) is 0 Å². The summed E-state index contributed by atoms with van der Waals surface area (Å²) >= 11 is 6.05.